The number of hydrogen-bond donors (Lipinski definition) is 3. The Morgan fingerprint density at radius 2 is 2.05 bits per heavy atom. The van der Waals surface area contributed by atoms with Gasteiger partial charge in [0.2, 0.25) is 0 Å². The summed E-state index contributed by atoms with van der Waals surface area (Å²) >= 11 is 0. The minimum Gasteiger partial charge on any atom is -0.494 e. The van der Waals surface area contributed by atoms with E-state index in [0.717, 1.165) is 0 Å². The zero-order valence-corrected chi connectivity index (χ0v) is 12.3. The number of aromatic nitrogens is 1. The molecule has 1 aromatic carbocycles. The van der Waals surface area contributed by atoms with E-state index in [1.54, 1.807) is 24.4 Å². The van der Waals surface area contributed by atoms with Gasteiger partial charge in [0.1, 0.15) is 5.82 Å². The summed E-state index contributed by atoms with van der Waals surface area (Å²) in [5.74, 6) is 0.117. The molecule has 0 fully saturated rings. The van der Waals surface area contributed by atoms with Crippen LogP contribution in [0.4, 0.5) is 26.4 Å². The third kappa shape index (κ3) is 4.08. The molecule has 1 heterocycles. The van der Waals surface area contributed by atoms with Crippen molar-refractivity contribution in [3.8, 4) is 5.75 Å². The number of rotatable bonds is 5. The molecule has 0 bridgehead atoms. The smallest absolute Gasteiger partial charge is 0.320 e. The van der Waals surface area contributed by atoms with Crippen LogP contribution in [0.2, 0.25) is 0 Å². The molecule has 116 valence electrons. The molecule has 0 spiro atoms. The van der Waals surface area contributed by atoms with Crippen molar-refractivity contribution in [3.05, 3.63) is 42.3 Å². The second kappa shape index (κ2) is 7.26. The fraction of sp³-hybridized carbons (Fsp3) is 0.200. The molecule has 3 N–H and O–H groups in total. The zero-order chi connectivity index (χ0) is 15.9. The van der Waals surface area contributed by atoms with Crippen molar-refractivity contribution >= 4 is 23.2 Å². The van der Waals surface area contributed by atoms with E-state index in [-0.39, 0.29) is 11.8 Å². The number of halogens is 1. The molecule has 1 aromatic heterocycles. The lowest BCUT2D eigenvalue weighted by Gasteiger charge is -2.10. The minimum absolute atomic E-state index is 0.180. The van der Waals surface area contributed by atoms with Gasteiger partial charge in [0.25, 0.3) is 0 Å². The Kier molecular flexibility index (Phi) is 5.13. The molecule has 7 heteroatoms. The van der Waals surface area contributed by atoms with Crippen molar-refractivity contribution in [3.63, 3.8) is 0 Å². The maximum absolute atomic E-state index is 13.6. The lowest BCUT2D eigenvalue weighted by atomic mass is 10.2. The highest BCUT2D eigenvalue weighted by Crippen LogP contribution is 2.24. The number of methoxy groups -OCH3 is 1. The van der Waals surface area contributed by atoms with Gasteiger partial charge < -0.3 is 15.4 Å². The predicted octanol–water partition coefficient (Wildman–Crippen LogP) is 3.11. The monoisotopic (exact) mass is 304 g/mol. The van der Waals surface area contributed by atoms with Crippen LogP contribution in [0.1, 0.15) is 6.92 Å². The summed E-state index contributed by atoms with van der Waals surface area (Å²) in [4.78, 5) is 15.5. The van der Waals surface area contributed by atoms with Gasteiger partial charge in [0.15, 0.2) is 11.6 Å². The van der Waals surface area contributed by atoms with Crippen molar-refractivity contribution in [2.24, 2.45) is 0 Å². The fourth-order valence-electron chi connectivity index (χ4n) is 1.81. The number of pyridine rings is 1. The number of nitrogens with one attached hydrogen (secondary N) is 3. The maximum atomic E-state index is 13.6. The van der Waals surface area contributed by atoms with E-state index in [4.69, 9.17) is 4.74 Å². The van der Waals surface area contributed by atoms with Crippen LogP contribution in [-0.4, -0.2) is 24.7 Å². The van der Waals surface area contributed by atoms with Crippen LogP contribution < -0.4 is 20.7 Å². The molecule has 22 heavy (non-hydrogen) atoms. The van der Waals surface area contributed by atoms with Gasteiger partial charge in [-0.05, 0) is 25.1 Å². The van der Waals surface area contributed by atoms with Crippen LogP contribution in [0.5, 0.6) is 5.75 Å². The number of ether oxygens (including phenoxy) is 1. The van der Waals surface area contributed by atoms with Gasteiger partial charge in [0.05, 0.1) is 7.11 Å². The van der Waals surface area contributed by atoms with E-state index >= 15 is 0 Å². The largest absolute Gasteiger partial charge is 0.494 e. The van der Waals surface area contributed by atoms with E-state index < -0.39 is 5.82 Å². The normalized spacial score (nSPS) is 9.95. The third-order valence-electron chi connectivity index (χ3n) is 2.78. The number of urea groups is 1. The summed E-state index contributed by atoms with van der Waals surface area (Å²) in [6.45, 7) is 2.35. The molecule has 0 unspecified atom stereocenters. The molecule has 2 aromatic rings. The molecule has 0 radical (unpaired) electrons. The Morgan fingerprint density at radius 3 is 2.73 bits per heavy atom. The zero-order valence-electron chi connectivity index (χ0n) is 12.3. The van der Waals surface area contributed by atoms with E-state index in [9.17, 15) is 9.18 Å². The molecular weight excluding hydrogens is 287 g/mol. The second-order valence-corrected chi connectivity index (χ2v) is 4.39. The highest BCUT2D eigenvalue weighted by Gasteiger charge is 2.05. The van der Waals surface area contributed by atoms with Crippen LogP contribution >= 0.6 is 0 Å². The number of carbonyl (C=O) groups is 1. The third-order valence-corrected chi connectivity index (χ3v) is 2.78. The van der Waals surface area contributed by atoms with Crippen molar-refractivity contribution in [2.75, 3.05) is 24.3 Å². The van der Waals surface area contributed by atoms with Crippen molar-refractivity contribution in [1.29, 1.82) is 0 Å². The van der Waals surface area contributed by atoms with Gasteiger partial charge in [-0.25, -0.2) is 14.2 Å². The van der Waals surface area contributed by atoms with Crippen LogP contribution in [0.25, 0.3) is 0 Å². The van der Waals surface area contributed by atoms with E-state index in [1.807, 2.05) is 6.92 Å². The highest BCUT2D eigenvalue weighted by atomic mass is 19.1. The lowest BCUT2D eigenvalue weighted by molar-refractivity contribution is 0.252. The first kappa shape index (κ1) is 15.6. The van der Waals surface area contributed by atoms with Crippen molar-refractivity contribution in [1.82, 2.24) is 10.3 Å². The van der Waals surface area contributed by atoms with Gasteiger partial charge >= 0.3 is 6.03 Å². The molecule has 6 nitrogen and oxygen atoms in total. The van der Waals surface area contributed by atoms with Crippen LogP contribution in [-0.2, 0) is 0 Å². The molecule has 0 atom stereocenters. The summed E-state index contributed by atoms with van der Waals surface area (Å²) in [5, 5.41) is 8.25. The standard InChI is InChI=1S/C15H17FN4O2/c1-3-17-15(21)20-14-9-11(6-7-18-14)19-10-4-5-13(22-2)12(16)8-10/h4-9H,3H2,1-2H3,(H3,17,18,19,20,21). The Hall–Kier alpha value is -2.83. The Labute approximate surface area is 127 Å². The topological polar surface area (TPSA) is 75.3 Å². The van der Waals surface area contributed by atoms with Crippen LogP contribution in [0.3, 0.4) is 0 Å². The number of hydrogen-bond acceptors (Lipinski definition) is 4. The van der Waals surface area contributed by atoms with Gasteiger partial charge in [0, 0.05) is 36.2 Å². The van der Waals surface area contributed by atoms with Gasteiger partial charge in [-0.3, -0.25) is 5.32 Å². The van der Waals surface area contributed by atoms with Gasteiger partial charge in [-0.1, -0.05) is 0 Å². The first-order valence-corrected chi connectivity index (χ1v) is 6.74. The quantitative estimate of drug-likeness (QED) is 0.793. The molecule has 0 aliphatic carbocycles. The van der Waals surface area contributed by atoms with E-state index in [2.05, 4.69) is 20.9 Å². The number of nitrogens with zero attached hydrogens (tertiary/aromatic N) is 1. The van der Waals surface area contributed by atoms with Crippen LogP contribution in [0, 0.1) is 5.82 Å². The van der Waals surface area contributed by atoms with Crippen LogP contribution in [0.15, 0.2) is 36.5 Å². The summed E-state index contributed by atoms with van der Waals surface area (Å²) in [6, 6.07) is 7.59. The molecule has 2 rings (SSSR count). The molecule has 0 aliphatic heterocycles. The summed E-state index contributed by atoms with van der Waals surface area (Å²) < 4.78 is 18.5. The first-order chi connectivity index (χ1) is 10.6. The average Bonchev–Trinajstić information content (AvgIpc) is 2.48. The summed E-state index contributed by atoms with van der Waals surface area (Å²) in [5.41, 5.74) is 1.24. The predicted molar refractivity (Wildman–Crippen MR) is 83.2 cm³/mol. The molecule has 2 amide bonds. The molecular formula is C15H17FN4O2. The summed E-state index contributed by atoms with van der Waals surface area (Å²) in [6.07, 6.45) is 1.55. The number of anilines is 3. The summed E-state index contributed by atoms with van der Waals surface area (Å²) in [7, 11) is 1.41. The SMILES string of the molecule is CCNC(=O)Nc1cc(Nc2ccc(OC)c(F)c2)ccn1. The van der Waals surface area contributed by atoms with Gasteiger partial charge in [-0.2, -0.15) is 0 Å². The number of amides is 2. The molecule has 0 saturated carbocycles. The molecule has 0 aliphatic rings. The van der Waals surface area contributed by atoms with Crippen molar-refractivity contribution < 1.29 is 13.9 Å². The molecule has 0 saturated heterocycles. The minimum atomic E-state index is -0.456. The van der Waals surface area contributed by atoms with E-state index in [1.165, 1.54) is 19.2 Å². The van der Waals surface area contributed by atoms with E-state index in [0.29, 0.717) is 23.7 Å². The van der Waals surface area contributed by atoms with Crippen molar-refractivity contribution in [2.45, 2.75) is 6.92 Å². The fourth-order valence-corrected chi connectivity index (χ4v) is 1.81. The number of benzene rings is 1. The highest BCUT2D eigenvalue weighted by molar-refractivity contribution is 5.88. The lowest BCUT2D eigenvalue weighted by Crippen LogP contribution is -2.28. The first-order valence-electron chi connectivity index (χ1n) is 6.74. The van der Waals surface area contributed by atoms with Gasteiger partial charge in [-0.15, -0.1) is 0 Å². The number of carbonyl (C=O) groups excluding carboxylic acids is 1. The second-order valence-electron chi connectivity index (χ2n) is 4.39. The Balaban J connectivity index is 2.10. The average molecular weight is 304 g/mol. The maximum Gasteiger partial charge on any atom is 0.320 e. The Morgan fingerprint density at radius 1 is 1.27 bits per heavy atom. The Bertz CT molecular complexity index is 664.